The van der Waals surface area contributed by atoms with Gasteiger partial charge in [-0.3, -0.25) is 9.59 Å². The lowest BCUT2D eigenvalue weighted by molar-refractivity contribution is -0.231. The van der Waals surface area contributed by atoms with E-state index in [0.717, 1.165) is 56.9 Å². The van der Waals surface area contributed by atoms with Crippen LogP contribution in [0.2, 0.25) is 0 Å². The van der Waals surface area contributed by atoms with E-state index >= 15 is 0 Å². The van der Waals surface area contributed by atoms with E-state index in [1.165, 1.54) is 148 Å². The number of aliphatic hydroxyl groups excluding tert-OH is 3. The van der Waals surface area contributed by atoms with E-state index in [4.69, 9.17) is 9.47 Å². The van der Waals surface area contributed by atoms with Crippen LogP contribution >= 0.6 is 0 Å². The van der Waals surface area contributed by atoms with Crippen molar-refractivity contribution in [1.29, 1.82) is 0 Å². The fourth-order valence-corrected chi connectivity index (χ4v) is 9.22. The number of nitrogens with one attached hydrogen (secondary N) is 2. The molecule has 0 bridgehead atoms. The molecule has 1 aromatic rings. The van der Waals surface area contributed by atoms with Crippen LogP contribution in [0.1, 0.15) is 239 Å². The molecule has 0 radical (unpaired) electrons. The normalized spacial score (nSPS) is 18.9. The van der Waals surface area contributed by atoms with Crippen molar-refractivity contribution in [2.45, 2.75) is 276 Å². The van der Waals surface area contributed by atoms with E-state index in [9.17, 15) is 29.7 Å². The number of aliphatic hydroxyl groups is 3. The maximum atomic E-state index is 14.2. The van der Waals surface area contributed by atoms with Gasteiger partial charge in [-0.2, -0.15) is 0 Å². The molecule has 5 N–H and O–H groups in total. The standard InChI is InChI=1S/C55H99N3O8/c1-5-7-9-11-13-15-17-19-21-23-25-27-29-31-33-38-42-58(48(60)41-37-32-30-28-26-24-22-20-18-16-14-12-10-8-6-2)54-50(52(62)51(61)47(43-59)66-54)56-53(63)49(45(3)4)57-55(64)65-44-46-39-35-34-36-40-46/h34-36,39-40,45,47,49-52,54,59,61-62H,5-33,37-38,41-44H2,1-4H3,(H,56,63)(H,57,64)/t47-,49+,50-,51-,52-,54-/m1/s1. The molecule has 0 spiro atoms. The molecule has 6 atom stereocenters. The zero-order valence-corrected chi connectivity index (χ0v) is 42.5. The van der Waals surface area contributed by atoms with Gasteiger partial charge >= 0.3 is 6.09 Å². The Labute approximate surface area is 402 Å². The summed E-state index contributed by atoms with van der Waals surface area (Å²) in [4.78, 5) is 42.7. The maximum absolute atomic E-state index is 14.2. The number of hydrogen-bond donors (Lipinski definition) is 5. The topological polar surface area (TPSA) is 158 Å². The molecule has 1 aliphatic rings. The predicted octanol–water partition coefficient (Wildman–Crippen LogP) is 12.2. The second-order valence-electron chi connectivity index (χ2n) is 19.8. The highest BCUT2D eigenvalue weighted by Crippen LogP contribution is 2.27. The first-order chi connectivity index (χ1) is 32.1. The lowest BCUT2D eigenvalue weighted by Crippen LogP contribution is -2.70. The van der Waals surface area contributed by atoms with Crippen molar-refractivity contribution in [3.8, 4) is 0 Å². The molecule has 11 heteroatoms. The van der Waals surface area contributed by atoms with Crippen LogP contribution in [-0.4, -0.2) is 87.9 Å². The molecule has 0 aromatic heterocycles. The van der Waals surface area contributed by atoms with Gasteiger partial charge in [0, 0.05) is 13.0 Å². The third kappa shape index (κ3) is 26.7. The molecule has 0 saturated carbocycles. The van der Waals surface area contributed by atoms with Crippen molar-refractivity contribution in [1.82, 2.24) is 15.5 Å². The highest BCUT2D eigenvalue weighted by molar-refractivity contribution is 5.86. The number of unbranched alkanes of at least 4 members (excludes halogenated alkanes) is 29. The zero-order chi connectivity index (χ0) is 48.0. The number of ether oxygens (including phenoxy) is 2. The van der Waals surface area contributed by atoms with Gasteiger partial charge < -0.3 is 40.3 Å². The van der Waals surface area contributed by atoms with E-state index in [1.54, 1.807) is 18.7 Å². The van der Waals surface area contributed by atoms with Gasteiger partial charge in [0.15, 0.2) is 6.23 Å². The van der Waals surface area contributed by atoms with Crippen LogP contribution in [0.3, 0.4) is 0 Å². The summed E-state index contributed by atoms with van der Waals surface area (Å²) in [6.07, 6.45) is 32.3. The third-order valence-corrected chi connectivity index (χ3v) is 13.5. The minimum absolute atomic E-state index is 0.0287. The third-order valence-electron chi connectivity index (χ3n) is 13.5. The molecular formula is C55H99N3O8. The van der Waals surface area contributed by atoms with Gasteiger partial charge in [0.05, 0.1) is 6.61 Å². The summed E-state index contributed by atoms with van der Waals surface area (Å²) in [6.45, 7) is 7.91. The minimum Gasteiger partial charge on any atom is -0.445 e. The van der Waals surface area contributed by atoms with Crippen molar-refractivity contribution in [3.63, 3.8) is 0 Å². The highest BCUT2D eigenvalue weighted by atomic mass is 16.6. The SMILES string of the molecule is CCCCCCCCCCCCCCCCCCN(C(=O)CCCCCCCCCCCCCCCCC)[C@@H]1O[C@H](CO)[C@@H](O)[C@H](O)[C@H]1NC(=O)[C@@H](NC(=O)OCc1ccccc1)C(C)C. The van der Waals surface area contributed by atoms with E-state index in [0.29, 0.717) is 13.0 Å². The second kappa shape index (κ2) is 39.2. The molecule has 1 saturated heterocycles. The molecule has 382 valence electrons. The first-order valence-electron chi connectivity index (χ1n) is 27.3. The predicted molar refractivity (Wildman–Crippen MR) is 269 cm³/mol. The second-order valence-corrected chi connectivity index (χ2v) is 19.8. The molecule has 1 heterocycles. The lowest BCUT2D eigenvalue weighted by atomic mass is 9.93. The van der Waals surface area contributed by atoms with Crippen molar-refractivity contribution >= 4 is 17.9 Å². The van der Waals surface area contributed by atoms with Crippen LogP contribution in [0.5, 0.6) is 0 Å². The number of benzene rings is 1. The number of amides is 3. The molecular weight excluding hydrogens is 831 g/mol. The summed E-state index contributed by atoms with van der Waals surface area (Å²) in [6, 6.07) is 6.98. The summed E-state index contributed by atoms with van der Waals surface area (Å²) in [5, 5.41) is 38.3. The summed E-state index contributed by atoms with van der Waals surface area (Å²) >= 11 is 0. The summed E-state index contributed by atoms with van der Waals surface area (Å²) in [5.74, 6) is -1.11. The van der Waals surface area contributed by atoms with E-state index in [-0.39, 0.29) is 18.4 Å². The highest BCUT2D eigenvalue weighted by Gasteiger charge is 2.48. The van der Waals surface area contributed by atoms with Crippen molar-refractivity contribution in [2.75, 3.05) is 13.2 Å². The maximum Gasteiger partial charge on any atom is 0.408 e. The van der Waals surface area contributed by atoms with Crippen LogP contribution in [-0.2, 0) is 25.7 Å². The zero-order valence-electron chi connectivity index (χ0n) is 42.5. The lowest BCUT2D eigenvalue weighted by Gasteiger charge is -2.47. The van der Waals surface area contributed by atoms with Gasteiger partial charge in [0.25, 0.3) is 0 Å². The fourth-order valence-electron chi connectivity index (χ4n) is 9.22. The Hall–Kier alpha value is -2.73. The number of rotatable bonds is 41. The average molecular weight is 930 g/mol. The van der Waals surface area contributed by atoms with Crippen molar-refractivity contribution in [3.05, 3.63) is 35.9 Å². The van der Waals surface area contributed by atoms with Crippen LogP contribution in [0.4, 0.5) is 4.79 Å². The smallest absolute Gasteiger partial charge is 0.408 e. The minimum atomic E-state index is -1.55. The Morgan fingerprint density at radius 2 is 1.05 bits per heavy atom. The van der Waals surface area contributed by atoms with Gasteiger partial charge in [0.2, 0.25) is 11.8 Å². The Balaban J connectivity index is 1.99. The molecule has 1 aliphatic heterocycles. The summed E-state index contributed by atoms with van der Waals surface area (Å²) < 4.78 is 11.7. The van der Waals surface area contributed by atoms with Crippen molar-refractivity contribution in [2.24, 2.45) is 5.92 Å². The number of alkyl carbamates (subject to hydrolysis) is 1. The molecule has 0 aliphatic carbocycles. The Morgan fingerprint density at radius 1 is 0.621 bits per heavy atom. The summed E-state index contributed by atoms with van der Waals surface area (Å²) in [5.41, 5.74) is 0.800. The largest absolute Gasteiger partial charge is 0.445 e. The number of nitrogens with zero attached hydrogens (tertiary/aromatic N) is 1. The van der Waals surface area contributed by atoms with Crippen molar-refractivity contribution < 1.29 is 39.2 Å². The first-order valence-corrected chi connectivity index (χ1v) is 27.3. The average Bonchev–Trinajstić information content (AvgIpc) is 3.31. The molecule has 2 rings (SSSR count). The Morgan fingerprint density at radius 3 is 1.47 bits per heavy atom. The van der Waals surface area contributed by atoms with Gasteiger partial charge in [0.1, 0.15) is 37.0 Å². The number of hydrogen-bond acceptors (Lipinski definition) is 8. The van der Waals surface area contributed by atoms with Crippen LogP contribution < -0.4 is 10.6 Å². The fraction of sp³-hybridized carbons (Fsp3) is 0.836. The molecule has 3 amide bonds. The molecule has 11 nitrogen and oxygen atoms in total. The molecule has 66 heavy (non-hydrogen) atoms. The van der Waals surface area contributed by atoms with Gasteiger partial charge in [-0.15, -0.1) is 0 Å². The number of carbonyl (C=O) groups excluding carboxylic acids is 3. The van der Waals surface area contributed by atoms with E-state index < -0.39 is 55.2 Å². The summed E-state index contributed by atoms with van der Waals surface area (Å²) in [7, 11) is 0. The van der Waals surface area contributed by atoms with Gasteiger partial charge in [-0.25, -0.2) is 4.79 Å². The Bertz CT molecular complexity index is 1330. The van der Waals surface area contributed by atoms with Gasteiger partial charge in [-0.1, -0.05) is 244 Å². The van der Waals surface area contributed by atoms with Crippen LogP contribution in [0.15, 0.2) is 30.3 Å². The van der Waals surface area contributed by atoms with E-state index in [2.05, 4.69) is 24.5 Å². The quantitative estimate of drug-likeness (QED) is 0.0406. The molecule has 1 fully saturated rings. The van der Waals surface area contributed by atoms with E-state index in [1.807, 2.05) is 30.3 Å². The molecule has 0 unspecified atom stereocenters. The number of carbonyl (C=O) groups is 3. The molecule has 1 aromatic carbocycles. The first kappa shape index (κ1) is 59.4. The van der Waals surface area contributed by atoms with Crippen LogP contribution in [0.25, 0.3) is 0 Å². The van der Waals surface area contributed by atoms with Crippen LogP contribution in [0, 0.1) is 5.92 Å². The van der Waals surface area contributed by atoms with Gasteiger partial charge in [-0.05, 0) is 24.3 Å². The monoisotopic (exact) mass is 930 g/mol. The Kier molecular flexibility index (Phi) is 35.2.